The molecule has 0 saturated heterocycles. The van der Waals surface area contributed by atoms with E-state index in [-0.39, 0.29) is 0 Å². The molecule has 2 heterocycles. The average Bonchev–Trinajstić information content (AvgIpc) is 2.83. The van der Waals surface area contributed by atoms with Gasteiger partial charge in [0.2, 0.25) is 0 Å². The Morgan fingerprint density at radius 2 is 2.13 bits per heavy atom. The van der Waals surface area contributed by atoms with Crippen molar-refractivity contribution in [2.24, 2.45) is 12.0 Å². The molecule has 2 aromatic rings. The molecule has 122 valence electrons. The van der Waals surface area contributed by atoms with Crippen LogP contribution in [0.15, 0.2) is 29.5 Å². The van der Waals surface area contributed by atoms with Crippen LogP contribution in [0.3, 0.4) is 0 Å². The molecule has 0 fully saturated rings. The van der Waals surface area contributed by atoms with Gasteiger partial charge < -0.3 is 24.7 Å². The van der Waals surface area contributed by atoms with E-state index in [0.29, 0.717) is 25.7 Å². The zero-order valence-corrected chi connectivity index (χ0v) is 13.2. The highest BCUT2D eigenvalue weighted by Crippen LogP contribution is 2.32. The molecule has 23 heavy (non-hydrogen) atoms. The molecular weight excluding hydrogens is 296 g/mol. The number of ether oxygens (including phenoxy) is 2. The van der Waals surface area contributed by atoms with Crippen molar-refractivity contribution in [3.05, 3.63) is 30.4 Å². The summed E-state index contributed by atoms with van der Waals surface area (Å²) in [5, 5.41) is 14.3. The maximum absolute atomic E-state index is 5.69. The molecule has 0 saturated carbocycles. The van der Waals surface area contributed by atoms with Gasteiger partial charge in [0.25, 0.3) is 0 Å². The topological polar surface area (TPSA) is 85.6 Å². The molecule has 1 aliphatic rings. The summed E-state index contributed by atoms with van der Waals surface area (Å²) in [5.41, 5.74) is 0.875. The smallest absolute Gasteiger partial charge is 0.195 e. The van der Waals surface area contributed by atoms with Gasteiger partial charge in [-0.15, -0.1) is 10.2 Å². The van der Waals surface area contributed by atoms with Gasteiger partial charge in [-0.05, 0) is 12.1 Å². The largest absolute Gasteiger partial charge is 0.490 e. The van der Waals surface area contributed by atoms with Gasteiger partial charge in [0.1, 0.15) is 6.33 Å². The van der Waals surface area contributed by atoms with Crippen molar-refractivity contribution in [3.8, 4) is 11.5 Å². The molecule has 1 aliphatic heterocycles. The summed E-state index contributed by atoms with van der Waals surface area (Å²) in [6, 6.07) is 5.75. The molecule has 8 heteroatoms. The predicted molar refractivity (Wildman–Crippen MR) is 86.9 cm³/mol. The van der Waals surface area contributed by atoms with Gasteiger partial charge in [-0.2, -0.15) is 0 Å². The van der Waals surface area contributed by atoms with Crippen LogP contribution >= 0.6 is 0 Å². The van der Waals surface area contributed by atoms with Gasteiger partial charge in [0.15, 0.2) is 23.3 Å². The molecule has 1 aromatic carbocycles. The van der Waals surface area contributed by atoms with Crippen LogP contribution in [0.2, 0.25) is 0 Å². The minimum absolute atomic E-state index is 0.528. The van der Waals surface area contributed by atoms with Crippen LogP contribution in [-0.4, -0.2) is 41.0 Å². The zero-order chi connectivity index (χ0) is 16.1. The monoisotopic (exact) mass is 316 g/mol. The van der Waals surface area contributed by atoms with E-state index in [4.69, 9.17) is 9.47 Å². The van der Waals surface area contributed by atoms with Gasteiger partial charge in [0.05, 0.1) is 19.8 Å². The van der Waals surface area contributed by atoms with E-state index in [1.165, 1.54) is 0 Å². The molecule has 0 radical (unpaired) electrons. The van der Waals surface area contributed by atoms with Crippen molar-refractivity contribution in [2.45, 2.75) is 13.0 Å². The number of nitrogens with zero attached hydrogens (tertiary/aromatic N) is 4. The highest BCUT2D eigenvalue weighted by atomic mass is 16.5. The lowest BCUT2D eigenvalue weighted by atomic mass is 10.3. The molecule has 1 aromatic heterocycles. The zero-order valence-electron chi connectivity index (χ0n) is 13.2. The standard InChI is InChI=1S/C15H20N6O2/c1-16-15(17-9-14-20-18-10-21(14)2)19-11-4-5-12-13(8-11)23-7-3-6-22-12/h4-5,8,10H,3,6-7,9H2,1-2H3,(H2,16,17,19). The fourth-order valence-electron chi connectivity index (χ4n) is 2.19. The van der Waals surface area contributed by atoms with Crippen molar-refractivity contribution in [1.82, 2.24) is 20.1 Å². The summed E-state index contributed by atoms with van der Waals surface area (Å²) in [6.07, 6.45) is 2.55. The molecule has 3 rings (SSSR count). The van der Waals surface area contributed by atoms with Crippen molar-refractivity contribution in [1.29, 1.82) is 0 Å². The Labute approximate surface area is 134 Å². The van der Waals surface area contributed by atoms with E-state index in [0.717, 1.165) is 29.4 Å². The molecule has 0 aliphatic carbocycles. The number of hydrogen-bond donors (Lipinski definition) is 2. The summed E-state index contributed by atoms with van der Waals surface area (Å²) in [7, 11) is 3.62. The Kier molecular flexibility index (Phi) is 4.60. The van der Waals surface area contributed by atoms with Crippen molar-refractivity contribution >= 4 is 11.6 Å². The highest BCUT2D eigenvalue weighted by Gasteiger charge is 2.11. The number of guanidine groups is 1. The lowest BCUT2D eigenvalue weighted by Crippen LogP contribution is -2.31. The average molecular weight is 316 g/mol. The molecule has 0 atom stereocenters. The number of aromatic nitrogens is 3. The first-order chi connectivity index (χ1) is 11.3. The second kappa shape index (κ2) is 6.99. The molecule has 0 amide bonds. The van der Waals surface area contributed by atoms with Crippen LogP contribution in [0.5, 0.6) is 11.5 Å². The number of benzene rings is 1. The Hall–Kier alpha value is -2.77. The SMILES string of the molecule is CN=C(NCc1nncn1C)Nc1ccc2c(c1)OCCCO2. The van der Waals surface area contributed by atoms with Crippen LogP contribution < -0.4 is 20.1 Å². The van der Waals surface area contributed by atoms with Crippen molar-refractivity contribution in [3.63, 3.8) is 0 Å². The number of hydrogen-bond acceptors (Lipinski definition) is 5. The van der Waals surface area contributed by atoms with E-state index < -0.39 is 0 Å². The first-order valence-electron chi connectivity index (χ1n) is 7.46. The third-order valence-corrected chi connectivity index (χ3v) is 3.45. The Morgan fingerprint density at radius 1 is 1.30 bits per heavy atom. The number of aryl methyl sites for hydroxylation is 1. The maximum Gasteiger partial charge on any atom is 0.195 e. The van der Waals surface area contributed by atoms with E-state index in [2.05, 4.69) is 25.8 Å². The minimum atomic E-state index is 0.528. The molecule has 2 N–H and O–H groups in total. The fraction of sp³-hybridized carbons (Fsp3) is 0.400. The third kappa shape index (κ3) is 3.71. The van der Waals surface area contributed by atoms with Gasteiger partial charge in [0, 0.05) is 32.3 Å². The van der Waals surface area contributed by atoms with E-state index >= 15 is 0 Å². The first kappa shape index (κ1) is 15.1. The Morgan fingerprint density at radius 3 is 2.87 bits per heavy atom. The first-order valence-corrected chi connectivity index (χ1v) is 7.46. The lowest BCUT2D eigenvalue weighted by molar-refractivity contribution is 0.297. The summed E-state index contributed by atoms with van der Waals surface area (Å²) >= 11 is 0. The van der Waals surface area contributed by atoms with Gasteiger partial charge in [-0.25, -0.2) is 0 Å². The number of nitrogens with one attached hydrogen (secondary N) is 2. The highest BCUT2D eigenvalue weighted by molar-refractivity contribution is 5.93. The van der Waals surface area contributed by atoms with E-state index in [9.17, 15) is 0 Å². The van der Waals surface area contributed by atoms with E-state index in [1.54, 1.807) is 13.4 Å². The minimum Gasteiger partial charge on any atom is -0.490 e. The Balaban J connectivity index is 1.65. The fourth-order valence-corrected chi connectivity index (χ4v) is 2.19. The van der Waals surface area contributed by atoms with Gasteiger partial charge in [-0.3, -0.25) is 4.99 Å². The summed E-state index contributed by atoms with van der Waals surface area (Å²) in [5.74, 6) is 2.99. The molecule has 0 unspecified atom stereocenters. The predicted octanol–water partition coefficient (Wildman–Crippen LogP) is 1.16. The van der Waals surface area contributed by atoms with E-state index in [1.807, 2.05) is 29.8 Å². The second-order valence-electron chi connectivity index (χ2n) is 5.12. The summed E-state index contributed by atoms with van der Waals surface area (Å²) < 4.78 is 13.2. The van der Waals surface area contributed by atoms with Crippen LogP contribution in [0, 0.1) is 0 Å². The summed E-state index contributed by atoms with van der Waals surface area (Å²) in [4.78, 5) is 4.21. The normalized spacial score (nSPS) is 14.3. The Bertz CT molecular complexity index is 697. The quantitative estimate of drug-likeness (QED) is 0.653. The molecule has 0 spiro atoms. The number of rotatable bonds is 3. The molecular formula is C15H20N6O2. The third-order valence-electron chi connectivity index (χ3n) is 3.45. The molecule has 0 bridgehead atoms. The van der Waals surface area contributed by atoms with Crippen LogP contribution in [0.25, 0.3) is 0 Å². The van der Waals surface area contributed by atoms with Crippen LogP contribution in [0.1, 0.15) is 12.2 Å². The summed E-state index contributed by atoms with van der Waals surface area (Å²) in [6.45, 7) is 1.87. The number of fused-ring (bicyclic) bond motifs is 1. The van der Waals surface area contributed by atoms with Crippen molar-refractivity contribution in [2.75, 3.05) is 25.6 Å². The number of aliphatic imine (C=N–C) groups is 1. The number of anilines is 1. The van der Waals surface area contributed by atoms with Crippen molar-refractivity contribution < 1.29 is 9.47 Å². The maximum atomic E-state index is 5.69. The second-order valence-corrected chi connectivity index (χ2v) is 5.12. The van der Waals surface area contributed by atoms with Crippen LogP contribution in [-0.2, 0) is 13.6 Å². The van der Waals surface area contributed by atoms with Gasteiger partial charge >= 0.3 is 0 Å². The molecule has 8 nitrogen and oxygen atoms in total. The van der Waals surface area contributed by atoms with Crippen LogP contribution in [0.4, 0.5) is 5.69 Å². The lowest BCUT2D eigenvalue weighted by Gasteiger charge is -2.13. The van der Waals surface area contributed by atoms with Gasteiger partial charge in [-0.1, -0.05) is 0 Å².